The van der Waals surface area contributed by atoms with Crippen molar-refractivity contribution in [1.82, 2.24) is 10.6 Å². The number of hydrogen-bond acceptors (Lipinski definition) is 4. The van der Waals surface area contributed by atoms with Crippen molar-refractivity contribution >= 4 is 18.0 Å². The number of carbonyl (C=O) groups excluding carboxylic acids is 2. The van der Waals surface area contributed by atoms with Crippen molar-refractivity contribution in [2.24, 2.45) is 5.92 Å². The molecular weight excluding hydrogens is 420 g/mol. The van der Waals surface area contributed by atoms with E-state index in [-0.39, 0.29) is 18.4 Å². The van der Waals surface area contributed by atoms with Crippen molar-refractivity contribution < 1.29 is 24.2 Å². The maximum atomic E-state index is 13.0. The molecule has 2 aromatic rings. The van der Waals surface area contributed by atoms with E-state index in [1.807, 2.05) is 36.4 Å². The summed E-state index contributed by atoms with van der Waals surface area (Å²) in [7, 11) is 0. The first kappa shape index (κ1) is 24.3. The van der Waals surface area contributed by atoms with Crippen LogP contribution in [0.2, 0.25) is 0 Å². The number of nitrogens with one attached hydrogen (secondary N) is 2. The van der Waals surface area contributed by atoms with Crippen LogP contribution in [0.15, 0.2) is 48.5 Å². The molecule has 1 aliphatic rings. The zero-order valence-corrected chi connectivity index (χ0v) is 19.6. The second-order valence-electron chi connectivity index (χ2n) is 8.77. The van der Waals surface area contributed by atoms with Crippen LogP contribution >= 0.6 is 0 Å². The molecule has 3 N–H and O–H groups in total. The van der Waals surface area contributed by atoms with Gasteiger partial charge in [-0.25, -0.2) is 9.59 Å². The van der Waals surface area contributed by atoms with E-state index in [0.29, 0.717) is 12.8 Å². The summed E-state index contributed by atoms with van der Waals surface area (Å²) in [6, 6.07) is 15.1. The minimum atomic E-state index is -1.26. The van der Waals surface area contributed by atoms with Gasteiger partial charge in [-0.2, -0.15) is 0 Å². The number of benzene rings is 2. The van der Waals surface area contributed by atoms with Crippen molar-refractivity contribution in [2.45, 2.75) is 58.0 Å². The Morgan fingerprint density at radius 1 is 0.970 bits per heavy atom. The molecule has 1 atom stereocenters. The van der Waals surface area contributed by atoms with Crippen LogP contribution in [0, 0.1) is 5.92 Å². The molecule has 3 rings (SSSR count). The fraction of sp³-hybridized carbons (Fsp3) is 0.423. The van der Waals surface area contributed by atoms with Gasteiger partial charge < -0.3 is 20.5 Å². The lowest BCUT2D eigenvalue weighted by Crippen LogP contribution is -2.61. The van der Waals surface area contributed by atoms with Crippen molar-refractivity contribution in [1.29, 1.82) is 0 Å². The molecule has 0 aromatic heterocycles. The predicted octanol–water partition coefficient (Wildman–Crippen LogP) is 4.31. The molecule has 33 heavy (non-hydrogen) atoms. The van der Waals surface area contributed by atoms with Crippen molar-refractivity contribution in [3.63, 3.8) is 0 Å². The van der Waals surface area contributed by atoms with Gasteiger partial charge in [0.1, 0.15) is 18.2 Å². The van der Waals surface area contributed by atoms with Crippen LogP contribution in [0.5, 0.6) is 0 Å². The lowest BCUT2D eigenvalue weighted by atomic mass is 9.90. The van der Waals surface area contributed by atoms with Gasteiger partial charge in [0.15, 0.2) is 0 Å². The van der Waals surface area contributed by atoms with Gasteiger partial charge in [-0.1, -0.05) is 76.2 Å². The van der Waals surface area contributed by atoms with E-state index in [0.717, 1.165) is 22.3 Å². The summed E-state index contributed by atoms with van der Waals surface area (Å²) >= 11 is 0. The molecule has 0 heterocycles. The van der Waals surface area contributed by atoms with E-state index in [9.17, 15) is 19.5 Å². The second kappa shape index (κ2) is 10.1. The summed E-state index contributed by atoms with van der Waals surface area (Å²) in [5.74, 6) is -2.03. The number of amides is 2. The summed E-state index contributed by atoms with van der Waals surface area (Å²) in [6.45, 7) is 7.12. The van der Waals surface area contributed by atoms with Crippen LogP contribution in [0.1, 0.15) is 57.6 Å². The van der Waals surface area contributed by atoms with E-state index in [1.54, 1.807) is 27.7 Å². The molecule has 176 valence electrons. The maximum absolute atomic E-state index is 13.0. The molecular formula is C26H32N2O5. The predicted molar refractivity (Wildman–Crippen MR) is 126 cm³/mol. The second-order valence-corrected chi connectivity index (χ2v) is 8.77. The highest BCUT2D eigenvalue weighted by molar-refractivity contribution is 5.92. The monoisotopic (exact) mass is 452 g/mol. The Kier molecular flexibility index (Phi) is 7.41. The number of alkyl carbamates (subject to hydrolysis) is 1. The van der Waals surface area contributed by atoms with Gasteiger partial charge in [0, 0.05) is 5.92 Å². The zero-order chi connectivity index (χ0) is 24.2. The van der Waals surface area contributed by atoms with Crippen LogP contribution in [0.3, 0.4) is 0 Å². The first-order valence-electron chi connectivity index (χ1n) is 11.4. The molecule has 0 spiro atoms. The summed E-state index contributed by atoms with van der Waals surface area (Å²) in [4.78, 5) is 37.3. The normalized spacial score (nSPS) is 13.7. The molecule has 7 nitrogen and oxygen atoms in total. The number of carboxylic acids is 1. The third-order valence-corrected chi connectivity index (χ3v) is 6.55. The van der Waals surface area contributed by atoms with Gasteiger partial charge in [-0.05, 0) is 41.0 Å². The first-order chi connectivity index (χ1) is 15.7. The Morgan fingerprint density at radius 3 is 1.94 bits per heavy atom. The Hall–Kier alpha value is -3.35. The minimum Gasteiger partial charge on any atom is -0.480 e. The van der Waals surface area contributed by atoms with E-state index < -0.39 is 29.6 Å². The molecule has 0 unspecified atom stereocenters. The van der Waals surface area contributed by atoms with Gasteiger partial charge in [0.05, 0.1) is 0 Å². The number of fused-ring (bicyclic) bond motifs is 3. The highest BCUT2D eigenvalue weighted by Gasteiger charge is 2.40. The lowest BCUT2D eigenvalue weighted by molar-refractivity contribution is -0.144. The Balaban J connectivity index is 1.72. The highest BCUT2D eigenvalue weighted by atomic mass is 16.5. The van der Waals surface area contributed by atoms with E-state index >= 15 is 0 Å². The number of ether oxygens (including phenoxy) is 1. The van der Waals surface area contributed by atoms with E-state index in [2.05, 4.69) is 22.8 Å². The number of rotatable bonds is 9. The maximum Gasteiger partial charge on any atom is 0.408 e. The van der Waals surface area contributed by atoms with Crippen LogP contribution in [0.25, 0.3) is 11.1 Å². The summed E-state index contributed by atoms with van der Waals surface area (Å²) in [5, 5.41) is 14.7. The quantitative estimate of drug-likeness (QED) is 0.526. The van der Waals surface area contributed by atoms with Gasteiger partial charge in [-0.3, -0.25) is 4.79 Å². The Labute approximate surface area is 194 Å². The number of carbonyl (C=O) groups is 3. The smallest absolute Gasteiger partial charge is 0.408 e. The summed E-state index contributed by atoms with van der Waals surface area (Å²) in [5.41, 5.74) is 3.20. The first-order valence-corrected chi connectivity index (χ1v) is 11.4. The van der Waals surface area contributed by atoms with Crippen LogP contribution in [-0.4, -0.2) is 41.3 Å². The van der Waals surface area contributed by atoms with Gasteiger partial charge >= 0.3 is 12.1 Å². The molecule has 1 aliphatic carbocycles. The molecule has 0 saturated carbocycles. The molecule has 2 aromatic carbocycles. The number of carboxylic acid groups (broad SMARTS) is 1. The molecule has 0 radical (unpaired) electrons. The minimum absolute atomic E-state index is 0.0908. The average molecular weight is 453 g/mol. The molecule has 7 heteroatoms. The van der Waals surface area contributed by atoms with Crippen LogP contribution < -0.4 is 10.6 Å². The molecule has 2 amide bonds. The summed E-state index contributed by atoms with van der Waals surface area (Å²) < 4.78 is 5.60. The van der Waals surface area contributed by atoms with Crippen LogP contribution in [0.4, 0.5) is 4.79 Å². The van der Waals surface area contributed by atoms with Gasteiger partial charge in [0.2, 0.25) is 5.91 Å². The van der Waals surface area contributed by atoms with E-state index in [1.165, 1.54) is 0 Å². The fourth-order valence-corrected chi connectivity index (χ4v) is 4.43. The van der Waals surface area contributed by atoms with Gasteiger partial charge in [-0.15, -0.1) is 0 Å². The highest BCUT2D eigenvalue weighted by Crippen LogP contribution is 2.44. The largest absolute Gasteiger partial charge is 0.480 e. The fourth-order valence-electron chi connectivity index (χ4n) is 4.43. The number of aliphatic carboxylic acids is 1. The number of hydrogen-bond donors (Lipinski definition) is 3. The Bertz CT molecular complexity index is 983. The third-order valence-electron chi connectivity index (χ3n) is 6.55. The van der Waals surface area contributed by atoms with Crippen molar-refractivity contribution in [3.8, 4) is 11.1 Å². The Morgan fingerprint density at radius 2 is 1.48 bits per heavy atom. The van der Waals surface area contributed by atoms with E-state index in [4.69, 9.17) is 4.74 Å². The SMILES string of the molecule is CCC(CC)(NC(=O)OCC1c2ccccc2-c2ccccc21)C(=O)N[C@@H](C(=O)O)C(C)C. The molecule has 0 bridgehead atoms. The van der Waals surface area contributed by atoms with Crippen molar-refractivity contribution in [2.75, 3.05) is 6.61 Å². The van der Waals surface area contributed by atoms with Crippen molar-refractivity contribution in [3.05, 3.63) is 59.7 Å². The molecule has 0 saturated heterocycles. The third kappa shape index (κ3) is 4.87. The molecule has 0 fully saturated rings. The van der Waals surface area contributed by atoms with Gasteiger partial charge in [0.25, 0.3) is 0 Å². The lowest BCUT2D eigenvalue weighted by Gasteiger charge is -2.33. The topological polar surface area (TPSA) is 105 Å². The average Bonchev–Trinajstić information content (AvgIpc) is 3.13. The molecule has 0 aliphatic heterocycles. The zero-order valence-electron chi connectivity index (χ0n) is 19.6. The summed E-state index contributed by atoms with van der Waals surface area (Å²) in [6.07, 6.45) is -0.111. The standard InChI is InChI=1S/C26H32N2O5/c1-5-26(6-2,24(31)27-22(16(3)4)23(29)30)28-25(32)33-15-21-19-13-9-7-11-17(19)18-12-8-10-14-20(18)21/h7-14,16,21-22H,5-6,15H2,1-4H3,(H,27,31)(H,28,32)(H,29,30)/t22-/m1/s1. The van der Waals surface area contributed by atoms with Crippen LogP contribution in [-0.2, 0) is 14.3 Å².